The zero-order chi connectivity index (χ0) is 10.6. The molecule has 0 amide bonds. The summed E-state index contributed by atoms with van der Waals surface area (Å²) in [4.78, 5) is 11.3. The molecule has 1 rings (SSSR count). The van der Waals surface area contributed by atoms with Gasteiger partial charge in [-0.05, 0) is 25.5 Å². The number of aliphatic hydroxyl groups excluding tert-OH is 2. The molecule has 1 aromatic rings. The van der Waals surface area contributed by atoms with Crippen LogP contribution in [0.15, 0.2) is 22.8 Å². The van der Waals surface area contributed by atoms with Crippen LogP contribution in [0.3, 0.4) is 0 Å². The number of furan rings is 1. The molecule has 0 radical (unpaired) electrons. The van der Waals surface area contributed by atoms with Crippen molar-refractivity contribution in [2.45, 2.75) is 32.0 Å². The topological polar surface area (TPSA) is 70.7 Å². The van der Waals surface area contributed by atoms with E-state index in [1.807, 2.05) is 0 Å². The number of hydrogen-bond donors (Lipinski definition) is 2. The molecule has 0 aliphatic rings. The minimum absolute atomic E-state index is 0.158. The fraction of sp³-hybridized carbons (Fsp3) is 0.500. The summed E-state index contributed by atoms with van der Waals surface area (Å²) in [6.45, 7) is 1.49. The van der Waals surface area contributed by atoms with Crippen LogP contribution >= 0.6 is 0 Å². The summed E-state index contributed by atoms with van der Waals surface area (Å²) in [7, 11) is 0. The van der Waals surface area contributed by atoms with Crippen molar-refractivity contribution in [2.75, 3.05) is 0 Å². The molecule has 0 aromatic carbocycles. The van der Waals surface area contributed by atoms with E-state index in [1.165, 1.54) is 13.2 Å². The fourth-order valence-corrected chi connectivity index (χ4v) is 1.08. The molecular weight excluding hydrogens is 184 g/mol. The maximum absolute atomic E-state index is 11.3. The van der Waals surface area contributed by atoms with E-state index in [1.54, 1.807) is 12.1 Å². The lowest BCUT2D eigenvalue weighted by molar-refractivity contribution is 0.0249. The van der Waals surface area contributed by atoms with Crippen LogP contribution in [0.4, 0.5) is 0 Å². The van der Waals surface area contributed by atoms with Crippen molar-refractivity contribution in [1.82, 2.24) is 0 Å². The third-order valence-electron chi connectivity index (χ3n) is 2.02. The van der Waals surface area contributed by atoms with Crippen LogP contribution < -0.4 is 0 Å². The highest BCUT2D eigenvalue weighted by atomic mass is 16.3. The summed E-state index contributed by atoms with van der Waals surface area (Å²) in [5, 5.41) is 18.2. The van der Waals surface area contributed by atoms with Gasteiger partial charge in [0.05, 0.1) is 18.5 Å². The molecule has 4 heteroatoms. The number of ketones is 1. The molecule has 1 aromatic heterocycles. The van der Waals surface area contributed by atoms with Gasteiger partial charge in [0, 0.05) is 6.42 Å². The summed E-state index contributed by atoms with van der Waals surface area (Å²) in [6, 6.07) is 3.22. The van der Waals surface area contributed by atoms with Crippen molar-refractivity contribution in [3.63, 3.8) is 0 Å². The lowest BCUT2D eigenvalue weighted by atomic mass is 10.1. The van der Waals surface area contributed by atoms with E-state index >= 15 is 0 Å². The van der Waals surface area contributed by atoms with Gasteiger partial charge < -0.3 is 14.6 Å². The van der Waals surface area contributed by atoms with E-state index in [0.29, 0.717) is 5.76 Å². The first kappa shape index (κ1) is 10.9. The van der Waals surface area contributed by atoms with Crippen molar-refractivity contribution in [2.24, 2.45) is 0 Å². The molecule has 0 bridgehead atoms. The van der Waals surface area contributed by atoms with Gasteiger partial charge in [0.15, 0.2) is 11.5 Å². The molecule has 2 unspecified atom stereocenters. The van der Waals surface area contributed by atoms with Crippen molar-refractivity contribution in [3.8, 4) is 0 Å². The first-order chi connectivity index (χ1) is 6.61. The van der Waals surface area contributed by atoms with Gasteiger partial charge in [-0.2, -0.15) is 0 Å². The first-order valence-electron chi connectivity index (χ1n) is 4.54. The average Bonchev–Trinajstić information content (AvgIpc) is 2.66. The predicted octanol–water partition coefficient (Wildman–Crippen LogP) is 0.984. The van der Waals surface area contributed by atoms with Crippen LogP contribution in [-0.2, 0) is 0 Å². The van der Waals surface area contributed by atoms with Crippen LogP contribution in [0.5, 0.6) is 0 Å². The van der Waals surface area contributed by atoms with Gasteiger partial charge in [0.1, 0.15) is 0 Å². The summed E-state index contributed by atoms with van der Waals surface area (Å²) in [5.41, 5.74) is 0. The standard InChI is InChI=1S/C10H14O4/c1-7(11)8(12)4-5-9(13)10-3-2-6-14-10/h2-3,6-8,11-12H,4-5H2,1H3. The smallest absolute Gasteiger partial charge is 0.198 e. The summed E-state index contributed by atoms with van der Waals surface area (Å²) >= 11 is 0. The number of carbonyl (C=O) groups is 1. The Labute approximate surface area is 82.2 Å². The highest BCUT2D eigenvalue weighted by Gasteiger charge is 2.15. The Morgan fingerprint density at radius 2 is 2.29 bits per heavy atom. The Morgan fingerprint density at radius 3 is 2.79 bits per heavy atom. The van der Waals surface area contributed by atoms with Crippen LogP contribution in [0.2, 0.25) is 0 Å². The summed E-state index contributed by atoms with van der Waals surface area (Å²) in [5.74, 6) is 0.137. The molecule has 2 N–H and O–H groups in total. The molecule has 0 saturated carbocycles. The number of carbonyl (C=O) groups excluding carboxylic acids is 1. The van der Waals surface area contributed by atoms with Gasteiger partial charge in [0.2, 0.25) is 0 Å². The maximum Gasteiger partial charge on any atom is 0.198 e. The first-order valence-corrected chi connectivity index (χ1v) is 4.54. The number of Topliss-reactive ketones (excluding diaryl/α,β-unsaturated/α-hetero) is 1. The number of hydrogen-bond acceptors (Lipinski definition) is 4. The third kappa shape index (κ3) is 2.97. The minimum Gasteiger partial charge on any atom is -0.461 e. The SMILES string of the molecule is CC(O)C(O)CCC(=O)c1ccco1. The lowest BCUT2D eigenvalue weighted by Crippen LogP contribution is -2.23. The van der Waals surface area contributed by atoms with E-state index in [4.69, 9.17) is 9.52 Å². The van der Waals surface area contributed by atoms with Crippen LogP contribution in [0, 0.1) is 0 Å². The van der Waals surface area contributed by atoms with Crippen molar-refractivity contribution < 1.29 is 19.4 Å². The molecular formula is C10H14O4. The van der Waals surface area contributed by atoms with E-state index in [2.05, 4.69) is 0 Å². The molecule has 0 saturated heterocycles. The molecule has 1 heterocycles. The lowest BCUT2D eigenvalue weighted by Gasteiger charge is -2.11. The van der Waals surface area contributed by atoms with E-state index in [0.717, 1.165) is 0 Å². The highest BCUT2D eigenvalue weighted by Crippen LogP contribution is 2.09. The Hall–Kier alpha value is -1.13. The maximum atomic E-state index is 11.3. The largest absolute Gasteiger partial charge is 0.461 e. The van der Waals surface area contributed by atoms with Crippen molar-refractivity contribution in [3.05, 3.63) is 24.2 Å². The molecule has 0 aliphatic carbocycles. The Kier molecular flexibility index (Phi) is 3.85. The molecule has 0 spiro atoms. The molecule has 4 nitrogen and oxygen atoms in total. The van der Waals surface area contributed by atoms with Gasteiger partial charge in [-0.15, -0.1) is 0 Å². The summed E-state index contributed by atoms with van der Waals surface area (Å²) in [6.07, 6.45) is 0.197. The Morgan fingerprint density at radius 1 is 1.57 bits per heavy atom. The Balaban J connectivity index is 2.36. The molecule has 0 fully saturated rings. The summed E-state index contributed by atoms with van der Waals surface area (Å²) < 4.78 is 4.89. The molecule has 78 valence electrons. The van der Waals surface area contributed by atoms with Crippen molar-refractivity contribution >= 4 is 5.78 Å². The fourth-order valence-electron chi connectivity index (χ4n) is 1.08. The monoisotopic (exact) mass is 198 g/mol. The second-order valence-corrected chi connectivity index (χ2v) is 3.25. The predicted molar refractivity (Wildman–Crippen MR) is 50.0 cm³/mol. The Bertz CT molecular complexity index is 276. The van der Waals surface area contributed by atoms with Gasteiger partial charge in [0.25, 0.3) is 0 Å². The zero-order valence-electron chi connectivity index (χ0n) is 8.01. The van der Waals surface area contributed by atoms with Crippen LogP contribution in [-0.4, -0.2) is 28.2 Å². The second kappa shape index (κ2) is 4.93. The number of rotatable bonds is 5. The zero-order valence-corrected chi connectivity index (χ0v) is 8.01. The van der Waals surface area contributed by atoms with Gasteiger partial charge in [-0.3, -0.25) is 4.79 Å². The molecule has 2 atom stereocenters. The molecule has 0 aliphatic heterocycles. The molecule has 14 heavy (non-hydrogen) atoms. The van der Waals surface area contributed by atoms with E-state index in [9.17, 15) is 9.90 Å². The number of aliphatic hydroxyl groups is 2. The van der Waals surface area contributed by atoms with Gasteiger partial charge >= 0.3 is 0 Å². The third-order valence-corrected chi connectivity index (χ3v) is 2.02. The highest BCUT2D eigenvalue weighted by molar-refractivity contribution is 5.93. The van der Waals surface area contributed by atoms with E-state index in [-0.39, 0.29) is 18.6 Å². The second-order valence-electron chi connectivity index (χ2n) is 3.25. The normalized spacial score (nSPS) is 15.1. The van der Waals surface area contributed by atoms with E-state index < -0.39 is 12.2 Å². The van der Waals surface area contributed by atoms with Crippen LogP contribution in [0.1, 0.15) is 30.3 Å². The average molecular weight is 198 g/mol. The van der Waals surface area contributed by atoms with Gasteiger partial charge in [-0.1, -0.05) is 0 Å². The minimum atomic E-state index is -0.853. The van der Waals surface area contributed by atoms with Crippen molar-refractivity contribution in [1.29, 1.82) is 0 Å². The quantitative estimate of drug-likeness (QED) is 0.692. The van der Waals surface area contributed by atoms with Crippen LogP contribution in [0.25, 0.3) is 0 Å². The van der Waals surface area contributed by atoms with Gasteiger partial charge in [-0.25, -0.2) is 0 Å².